The molecule has 0 bridgehead atoms. The van der Waals surface area contributed by atoms with Gasteiger partial charge in [0.2, 0.25) is 5.76 Å². The molecular formula is C16H20N2O3. The minimum Gasteiger partial charge on any atom is -0.463 e. The molecule has 0 fully saturated rings. The first-order chi connectivity index (χ1) is 10.1. The zero-order valence-corrected chi connectivity index (χ0v) is 12.6. The van der Waals surface area contributed by atoms with E-state index < -0.39 is 5.97 Å². The van der Waals surface area contributed by atoms with Crippen LogP contribution < -0.4 is 5.32 Å². The lowest BCUT2D eigenvalue weighted by Gasteiger charge is -2.15. The normalized spacial score (nSPS) is 10.7. The van der Waals surface area contributed by atoms with Crippen molar-refractivity contribution in [3.63, 3.8) is 0 Å². The predicted molar refractivity (Wildman–Crippen MR) is 81.2 cm³/mol. The summed E-state index contributed by atoms with van der Waals surface area (Å²) in [6, 6.07) is 9.88. The molecule has 2 rings (SSSR count). The average molecular weight is 288 g/mol. The fraction of sp³-hybridized carbons (Fsp3) is 0.312. The highest BCUT2D eigenvalue weighted by Gasteiger charge is 2.15. The van der Waals surface area contributed by atoms with Gasteiger partial charge in [0.1, 0.15) is 0 Å². The Morgan fingerprint density at radius 2 is 2.00 bits per heavy atom. The van der Waals surface area contributed by atoms with Crippen LogP contribution in [0.2, 0.25) is 0 Å². The molecule has 5 heteroatoms. The number of hydrogen-bond acceptors (Lipinski definition) is 5. The van der Waals surface area contributed by atoms with Crippen molar-refractivity contribution < 1.29 is 13.9 Å². The van der Waals surface area contributed by atoms with Crippen molar-refractivity contribution in [2.24, 2.45) is 0 Å². The van der Waals surface area contributed by atoms with Gasteiger partial charge in [-0.05, 0) is 31.8 Å². The van der Waals surface area contributed by atoms with Gasteiger partial charge in [0, 0.05) is 24.3 Å². The van der Waals surface area contributed by atoms with Crippen molar-refractivity contribution in [2.45, 2.75) is 13.1 Å². The Balaban J connectivity index is 2.10. The van der Waals surface area contributed by atoms with E-state index in [-0.39, 0.29) is 5.76 Å². The fourth-order valence-electron chi connectivity index (χ4n) is 2.11. The maximum absolute atomic E-state index is 11.6. The topological polar surface area (TPSA) is 54.7 Å². The molecule has 112 valence electrons. The standard InChI is InChI=1S/C16H20N2O3/c1-18(2)11-13-6-4-5-7-14(13)17-10-12-8-9-21-15(12)16(19)20-3/h4-9,17H,10-11H2,1-3H3. The van der Waals surface area contributed by atoms with Crippen molar-refractivity contribution in [1.82, 2.24) is 4.90 Å². The number of esters is 1. The highest BCUT2D eigenvalue weighted by atomic mass is 16.5. The van der Waals surface area contributed by atoms with Gasteiger partial charge in [-0.25, -0.2) is 4.79 Å². The molecule has 0 spiro atoms. The quantitative estimate of drug-likeness (QED) is 0.828. The molecule has 0 aliphatic rings. The summed E-state index contributed by atoms with van der Waals surface area (Å²) in [6.07, 6.45) is 1.50. The molecule has 5 nitrogen and oxygen atoms in total. The van der Waals surface area contributed by atoms with Gasteiger partial charge in [-0.1, -0.05) is 18.2 Å². The average Bonchev–Trinajstić information content (AvgIpc) is 2.93. The summed E-state index contributed by atoms with van der Waals surface area (Å²) in [5.41, 5.74) is 3.02. The van der Waals surface area contributed by atoms with Crippen LogP contribution in [0.5, 0.6) is 0 Å². The van der Waals surface area contributed by atoms with E-state index in [9.17, 15) is 4.79 Å². The van der Waals surface area contributed by atoms with Crippen LogP contribution in [0.1, 0.15) is 21.7 Å². The van der Waals surface area contributed by atoms with Gasteiger partial charge in [-0.15, -0.1) is 0 Å². The molecule has 1 aromatic heterocycles. The van der Waals surface area contributed by atoms with E-state index in [1.807, 2.05) is 32.3 Å². The van der Waals surface area contributed by atoms with Gasteiger partial charge in [0.05, 0.1) is 13.4 Å². The molecule has 1 heterocycles. The molecule has 0 radical (unpaired) electrons. The lowest BCUT2D eigenvalue weighted by molar-refractivity contribution is 0.0563. The highest BCUT2D eigenvalue weighted by molar-refractivity contribution is 5.87. The Bertz CT molecular complexity index is 605. The molecule has 0 aliphatic carbocycles. The number of hydrogen-bond donors (Lipinski definition) is 1. The van der Waals surface area contributed by atoms with Crippen molar-refractivity contribution in [3.05, 3.63) is 53.5 Å². The summed E-state index contributed by atoms with van der Waals surface area (Å²) in [5, 5.41) is 3.35. The van der Waals surface area contributed by atoms with Crippen molar-refractivity contribution in [2.75, 3.05) is 26.5 Å². The van der Waals surface area contributed by atoms with Gasteiger partial charge in [0.15, 0.2) is 0 Å². The number of nitrogens with zero attached hydrogens (tertiary/aromatic N) is 1. The van der Waals surface area contributed by atoms with Gasteiger partial charge < -0.3 is 19.4 Å². The summed E-state index contributed by atoms with van der Waals surface area (Å²) in [6.45, 7) is 1.35. The van der Waals surface area contributed by atoms with Gasteiger partial charge in [0.25, 0.3) is 0 Å². The third kappa shape index (κ3) is 3.86. The number of anilines is 1. The van der Waals surface area contributed by atoms with Gasteiger partial charge in [-0.3, -0.25) is 0 Å². The van der Waals surface area contributed by atoms with E-state index >= 15 is 0 Å². The third-order valence-corrected chi connectivity index (χ3v) is 3.09. The number of rotatable bonds is 6. The molecule has 2 aromatic rings. The second-order valence-corrected chi connectivity index (χ2v) is 5.02. The van der Waals surface area contributed by atoms with Crippen LogP contribution in [0, 0.1) is 0 Å². The lowest BCUT2D eigenvalue weighted by atomic mass is 10.1. The largest absolute Gasteiger partial charge is 0.463 e. The zero-order valence-electron chi connectivity index (χ0n) is 12.6. The molecule has 0 amide bonds. The molecule has 1 N–H and O–H groups in total. The molecule has 0 unspecified atom stereocenters. The molecule has 1 aromatic carbocycles. The first-order valence-corrected chi connectivity index (χ1v) is 6.73. The van der Waals surface area contributed by atoms with Crippen LogP contribution in [0.4, 0.5) is 5.69 Å². The van der Waals surface area contributed by atoms with Gasteiger partial charge >= 0.3 is 5.97 Å². The smallest absolute Gasteiger partial charge is 0.374 e. The second kappa shape index (κ2) is 6.95. The number of benzene rings is 1. The van der Waals surface area contributed by atoms with E-state index in [1.54, 1.807) is 6.07 Å². The fourth-order valence-corrected chi connectivity index (χ4v) is 2.11. The first-order valence-electron chi connectivity index (χ1n) is 6.73. The molecular weight excluding hydrogens is 268 g/mol. The van der Waals surface area contributed by atoms with E-state index in [2.05, 4.69) is 16.3 Å². The molecule has 0 atom stereocenters. The van der Waals surface area contributed by atoms with Crippen LogP contribution in [0.15, 0.2) is 41.0 Å². The minimum absolute atomic E-state index is 0.245. The lowest BCUT2D eigenvalue weighted by Crippen LogP contribution is -2.13. The van der Waals surface area contributed by atoms with Crippen molar-refractivity contribution in [1.29, 1.82) is 0 Å². The number of nitrogens with one attached hydrogen (secondary N) is 1. The molecule has 21 heavy (non-hydrogen) atoms. The van der Waals surface area contributed by atoms with E-state index in [4.69, 9.17) is 9.15 Å². The summed E-state index contributed by atoms with van der Waals surface area (Å²) >= 11 is 0. The van der Waals surface area contributed by atoms with Crippen LogP contribution in [0.25, 0.3) is 0 Å². The van der Waals surface area contributed by atoms with Crippen LogP contribution in [-0.2, 0) is 17.8 Å². The Kier molecular flexibility index (Phi) is 5.00. The first kappa shape index (κ1) is 15.1. The van der Waals surface area contributed by atoms with Crippen molar-refractivity contribution >= 4 is 11.7 Å². The zero-order chi connectivity index (χ0) is 15.2. The maximum Gasteiger partial charge on any atom is 0.374 e. The summed E-state index contributed by atoms with van der Waals surface area (Å²) < 4.78 is 9.87. The maximum atomic E-state index is 11.6. The summed E-state index contributed by atoms with van der Waals surface area (Å²) in [4.78, 5) is 13.7. The number of ether oxygens (including phenoxy) is 1. The number of furan rings is 1. The second-order valence-electron chi connectivity index (χ2n) is 5.02. The Morgan fingerprint density at radius 1 is 1.24 bits per heavy atom. The van der Waals surface area contributed by atoms with Crippen LogP contribution in [-0.4, -0.2) is 32.1 Å². The van der Waals surface area contributed by atoms with E-state index in [0.29, 0.717) is 6.54 Å². The minimum atomic E-state index is -0.460. The van der Waals surface area contributed by atoms with Gasteiger partial charge in [-0.2, -0.15) is 0 Å². The monoisotopic (exact) mass is 288 g/mol. The van der Waals surface area contributed by atoms with Crippen LogP contribution in [0.3, 0.4) is 0 Å². The van der Waals surface area contributed by atoms with E-state index in [0.717, 1.165) is 17.8 Å². The highest BCUT2D eigenvalue weighted by Crippen LogP contribution is 2.19. The third-order valence-electron chi connectivity index (χ3n) is 3.09. The summed E-state index contributed by atoms with van der Waals surface area (Å²) in [7, 11) is 5.40. The molecule has 0 saturated heterocycles. The Morgan fingerprint density at radius 3 is 2.71 bits per heavy atom. The predicted octanol–water partition coefficient (Wildman–Crippen LogP) is 2.74. The van der Waals surface area contributed by atoms with Crippen molar-refractivity contribution in [3.8, 4) is 0 Å². The Hall–Kier alpha value is -2.27. The number of methoxy groups -OCH3 is 1. The molecule has 0 saturated carbocycles. The Labute approximate surface area is 124 Å². The SMILES string of the molecule is COC(=O)c1occc1CNc1ccccc1CN(C)C. The number of carbonyl (C=O) groups excluding carboxylic acids is 1. The number of para-hydroxylation sites is 1. The van der Waals surface area contributed by atoms with Crippen LogP contribution >= 0.6 is 0 Å². The number of carbonyl (C=O) groups is 1. The van der Waals surface area contributed by atoms with E-state index in [1.165, 1.54) is 18.9 Å². The summed E-state index contributed by atoms with van der Waals surface area (Å²) in [5.74, 6) is -0.214. The molecule has 0 aliphatic heterocycles.